The number of hydrogen-bond acceptors (Lipinski definition) is 4. The number of sulfonamides is 1. The van der Waals surface area contributed by atoms with Gasteiger partial charge in [-0.25, -0.2) is 8.42 Å². The van der Waals surface area contributed by atoms with Crippen LogP contribution in [0.4, 0.5) is 5.69 Å². The lowest BCUT2D eigenvalue weighted by atomic mass is 10.1. The zero-order valence-electron chi connectivity index (χ0n) is 10.9. The van der Waals surface area contributed by atoms with Crippen molar-refractivity contribution >= 4 is 21.6 Å². The van der Waals surface area contributed by atoms with E-state index in [0.717, 1.165) is 0 Å². The number of nitrogens with zero attached hydrogens (tertiary/aromatic N) is 1. The topological polar surface area (TPSA) is 86.7 Å². The first kappa shape index (κ1) is 13.5. The van der Waals surface area contributed by atoms with E-state index in [9.17, 15) is 13.2 Å². The fraction of sp³-hybridized carbons (Fsp3) is 0.462. The zero-order chi connectivity index (χ0) is 14.3. The van der Waals surface area contributed by atoms with Crippen LogP contribution < -0.4 is 5.32 Å². The molecule has 20 heavy (non-hydrogen) atoms. The van der Waals surface area contributed by atoms with Crippen LogP contribution in [0.2, 0.25) is 0 Å². The van der Waals surface area contributed by atoms with Gasteiger partial charge in [0, 0.05) is 25.4 Å². The number of amides is 1. The van der Waals surface area contributed by atoms with Gasteiger partial charge >= 0.3 is 0 Å². The van der Waals surface area contributed by atoms with Crippen molar-refractivity contribution in [3.05, 3.63) is 23.8 Å². The maximum atomic E-state index is 12.5. The van der Waals surface area contributed by atoms with Gasteiger partial charge in [0.05, 0.1) is 11.3 Å². The van der Waals surface area contributed by atoms with Crippen LogP contribution >= 0.6 is 0 Å². The molecule has 0 radical (unpaired) electrons. The highest BCUT2D eigenvalue weighted by Crippen LogP contribution is 2.29. The molecule has 0 aliphatic carbocycles. The number of nitrogens with one attached hydrogen (secondary N) is 1. The van der Waals surface area contributed by atoms with E-state index in [0.29, 0.717) is 30.8 Å². The zero-order valence-corrected chi connectivity index (χ0v) is 11.7. The lowest BCUT2D eigenvalue weighted by Gasteiger charge is -2.16. The quantitative estimate of drug-likeness (QED) is 0.833. The SMILES string of the molecule is O=C1Cc2cc(S(=O)(=O)N3CCC(CO)C3)ccc2N1. The Labute approximate surface area is 117 Å². The molecule has 0 aromatic heterocycles. The highest BCUT2D eigenvalue weighted by molar-refractivity contribution is 7.89. The minimum atomic E-state index is -3.54. The van der Waals surface area contributed by atoms with Crippen LogP contribution in [0.5, 0.6) is 0 Å². The summed E-state index contributed by atoms with van der Waals surface area (Å²) in [5.41, 5.74) is 1.40. The number of aliphatic hydroxyl groups excluding tert-OH is 1. The minimum absolute atomic E-state index is 0.00856. The molecular weight excluding hydrogens is 280 g/mol. The first-order chi connectivity index (χ1) is 9.50. The summed E-state index contributed by atoms with van der Waals surface area (Å²) in [5, 5.41) is 11.8. The summed E-state index contributed by atoms with van der Waals surface area (Å²) in [7, 11) is -3.54. The fourth-order valence-corrected chi connectivity index (χ4v) is 4.26. The number of rotatable bonds is 3. The first-order valence-corrected chi connectivity index (χ1v) is 7.98. The smallest absolute Gasteiger partial charge is 0.243 e. The highest BCUT2D eigenvalue weighted by atomic mass is 32.2. The molecule has 2 heterocycles. The van der Waals surface area contributed by atoms with Gasteiger partial charge in [-0.2, -0.15) is 4.31 Å². The van der Waals surface area contributed by atoms with Gasteiger partial charge in [0.15, 0.2) is 0 Å². The summed E-state index contributed by atoms with van der Waals surface area (Å²) in [4.78, 5) is 11.5. The average molecular weight is 296 g/mol. The summed E-state index contributed by atoms with van der Waals surface area (Å²) >= 11 is 0. The third-order valence-corrected chi connectivity index (χ3v) is 5.71. The maximum absolute atomic E-state index is 12.5. The second-order valence-electron chi connectivity index (χ2n) is 5.24. The van der Waals surface area contributed by atoms with Crippen molar-refractivity contribution in [3.63, 3.8) is 0 Å². The summed E-state index contributed by atoms with van der Waals surface area (Å²) in [6, 6.07) is 4.72. The fourth-order valence-electron chi connectivity index (χ4n) is 2.68. The number of aliphatic hydroxyl groups is 1. The predicted octanol–water partition coefficient (Wildman–Crippen LogP) is 0.184. The number of benzene rings is 1. The van der Waals surface area contributed by atoms with Gasteiger partial charge in [-0.1, -0.05) is 0 Å². The summed E-state index contributed by atoms with van der Waals surface area (Å²) in [6.45, 7) is 0.795. The van der Waals surface area contributed by atoms with Crippen molar-refractivity contribution in [2.24, 2.45) is 5.92 Å². The molecule has 1 fully saturated rings. The van der Waals surface area contributed by atoms with Crippen LogP contribution in [0.25, 0.3) is 0 Å². The monoisotopic (exact) mass is 296 g/mol. The van der Waals surface area contributed by atoms with Gasteiger partial charge in [0.2, 0.25) is 15.9 Å². The average Bonchev–Trinajstić information content (AvgIpc) is 3.02. The van der Waals surface area contributed by atoms with E-state index in [2.05, 4.69) is 5.32 Å². The van der Waals surface area contributed by atoms with Gasteiger partial charge in [-0.3, -0.25) is 4.79 Å². The number of fused-ring (bicyclic) bond motifs is 1. The molecule has 0 bridgehead atoms. The molecule has 0 spiro atoms. The molecule has 6 nitrogen and oxygen atoms in total. The third-order valence-electron chi connectivity index (χ3n) is 3.85. The largest absolute Gasteiger partial charge is 0.396 e. The molecule has 1 atom stereocenters. The van der Waals surface area contributed by atoms with E-state index in [1.54, 1.807) is 12.1 Å². The molecule has 2 aliphatic rings. The Bertz CT molecular complexity index is 656. The maximum Gasteiger partial charge on any atom is 0.243 e. The van der Waals surface area contributed by atoms with Gasteiger partial charge < -0.3 is 10.4 Å². The third kappa shape index (κ3) is 2.21. The van der Waals surface area contributed by atoms with Crippen LogP contribution in [0, 0.1) is 5.92 Å². The molecule has 1 amide bonds. The van der Waals surface area contributed by atoms with Crippen molar-refractivity contribution < 1.29 is 18.3 Å². The van der Waals surface area contributed by atoms with Crippen molar-refractivity contribution in [1.82, 2.24) is 4.31 Å². The Morgan fingerprint density at radius 2 is 2.20 bits per heavy atom. The number of anilines is 1. The molecule has 1 unspecified atom stereocenters. The lowest BCUT2D eigenvalue weighted by molar-refractivity contribution is -0.115. The number of hydrogen-bond donors (Lipinski definition) is 2. The van der Waals surface area contributed by atoms with Crippen molar-refractivity contribution in [2.75, 3.05) is 25.0 Å². The molecular formula is C13H16N2O4S. The van der Waals surface area contributed by atoms with Gasteiger partial charge in [0.1, 0.15) is 0 Å². The van der Waals surface area contributed by atoms with Crippen molar-refractivity contribution in [1.29, 1.82) is 0 Å². The van der Waals surface area contributed by atoms with Gasteiger partial charge in [-0.05, 0) is 36.1 Å². The summed E-state index contributed by atoms with van der Waals surface area (Å²) in [5.74, 6) is -0.0986. The van der Waals surface area contributed by atoms with E-state index in [1.807, 2.05) is 0 Å². The number of carbonyl (C=O) groups excluding carboxylic acids is 1. The molecule has 1 aromatic rings. The first-order valence-electron chi connectivity index (χ1n) is 6.54. The molecule has 1 aromatic carbocycles. The van der Waals surface area contributed by atoms with E-state index < -0.39 is 10.0 Å². The Balaban J connectivity index is 1.89. The molecule has 7 heteroatoms. The molecule has 2 aliphatic heterocycles. The van der Waals surface area contributed by atoms with E-state index in [1.165, 1.54) is 10.4 Å². The Kier molecular flexibility index (Phi) is 3.27. The second kappa shape index (κ2) is 4.83. The van der Waals surface area contributed by atoms with Crippen LogP contribution in [0.15, 0.2) is 23.1 Å². The Morgan fingerprint density at radius 3 is 2.90 bits per heavy atom. The number of carbonyl (C=O) groups is 1. The van der Waals surface area contributed by atoms with Crippen molar-refractivity contribution in [2.45, 2.75) is 17.7 Å². The van der Waals surface area contributed by atoms with Crippen LogP contribution in [0.1, 0.15) is 12.0 Å². The molecule has 1 saturated heterocycles. The highest BCUT2D eigenvalue weighted by Gasteiger charge is 2.33. The van der Waals surface area contributed by atoms with Crippen LogP contribution in [-0.2, 0) is 21.2 Å². The molecule has 0 saturated carbocycles. The molecule has 3 rings (SSSR count). The van der Waals surface area contributed by atoms with Gasteiger partial charge in [0.25, 0.3) is 0 Å². The minimum Gasteiger partial charge on any atom is -0.396 e. The van der Waals surface area contributed by atoms with Crippen LogP contribution in [0.3, 0.4) is 0 Å². The Hall–Kier alpha value is -1.44. The summed E-state index contributed by atoms with van der Waals surface area (Å²) < 4.78 is 26.4. The Morgan fingerprint density at radius 1 is 1.40 bits per heavy atom. The summed E-state index contributed by atoms with van der Waals surface area (Å²) in [6.07, 6.45) is 0.901. The predicted molar refractivity (Wildman–Crippen MR) is 72.7 cm³/mol. The van der Waals surface area contributed by atoms with E-state index >= 15 is 0 Å². The van der Waals surface area contributed by atoms with Crippen LogP contribution in [-0.4, -0.2) is 43.4 Å². The standard InChI is InChI=1S/C13H16N2O4S/c16-8-9-3-4-15(7-9)20(18,19)11-1-2-12-10(5-11)6-13(17)14-12/h1-2,5,9,16H,3-4,6-8H2,(H,14,17). The van der Waals surface area contributed by atoms with E-state index in [-0.39, 0.29) is 29.7 Å². The molecule has 108 valence electrons. The lowest BCUT2D eigenvalue weighted by Crippen LogP contribution is -2.29. The van der Waals surface area contributed by atoms with Gasteiger partial charge in [-0.15, -0.1) is 0 Å². The molecule has 2 N–H and O–H groups in total. The van der Waals surface area contributed by atoms with Crippen molar-refractivity contribution in [3.8, 4) is 0 Å². The second-order valence-corrected chi connectivity index (χ2v) is 7.18. The normalized spacial score (nSPS) is 22.9. The van der Waals surface area contributed by atoms with E-state index in [4.69, 9.17) is 5.11 Å².